The Morgan fingerprint density at radius 1 is 1.32 bits per heavy atom. The number of benzene rings is 1. The van der Waals surface area contributed by atoms with Crippen molar-refractivity contribution in [3.8, 4) is 11.8 Å². The number of likely N-dealkylation sites (N-methyl/N-ethyl adjacent to an activating group) is 1. The van der Waals surface area contributed by atoms with Crippen LogP contribution in [0.1, 0.15) is 27.4 Å². The fourth-order valence-corrected chi connectivity index (χ4v) is 2.19. The molecule has 0 saturated heterocycles. The summed E-state index contributed by atoms with van der Waals surface area (Å²) in [7, 11) is 2.89. The molecule has 7 nitrogen and oxygen atoms in total. The first-order valence-electron chi connectivity index (χ1n) is 7.49. The molecular weight excluding hydrogens is 324 g/mol. The van der Waals surface area contributed by atoms with Crippen molar-refractivity contribution in [1.82, 2.24) is 4.90 Å². The van der Waals surface area contributed by atoms with Gasteiger partial charge in [0.1, 0.15) is 28.9 Å². The third kappa shape index (κ3) is 4.38. The minimum absolute atomic E-state index is 0.180. The molecule has 0 bridgehead atoms. The van der Waals surface area contributed by atoms with E-state index < -0.39 is 5.97 Å². The van der Waals surface area contributed by atoms with E-state index in [0.717, 1.165) is 0 Å². The number of ether oxygens (including phenoxy) is 2. The van der Waals surface area contributed by atoms with Gasteiger partial charge < -0.3 is 18.8 Å². The van der Waals surface area contributed by atoms with E-state index in [4.69, 9.17) is 14.4 Å². The maximum absolute atomic E-state index is 12.2. The molecule has 2 rings (SSSR count). The van der Waals surface area contributed by atoms with Crippen molar-refractivity contribution < 1.29 is 23.5 Å². The molecule has 0 fully saturated rings. The highest BCUT2D eigenvalue weighted by atomic mass is 16.5. The van der Waals surface area contributed by atoms with Crippen molar-refractivity contribution >= 4 is 11.9 Å². The summed E-state index contributed by atoms with van der Waals surface area (Å²) >= 11 is 0. The molecule has 0 aliphatic rings. The third-order valence-electron chi connectivity index (χ3n) is 3.55. The predicted octanol–water partition coefficient (Wildman–Crippen LogP) is 2.28. The second-order valence-electron chi connectivity index (χ2n) is 5.32. The topological polar surface area (TPSA) is 92.8 Å². The van der Waals surface area contributed by atoms with E-state index in [0.29, 0.717) is 28.4 Å². The highest BCUT2D eigenvalue weighted by Crippen LogP contribution is 2.18. The molecule has 0 N–H and O–H groups in total. The second kappa shape index (κ2) is 8.02. The van der Waals surface area contributed by atoms with Crippen LogP contribution in [0.2, 0.25) is 0 Å². The van der Waals surface area contributed by atoms with Gasteiger partial charge in [0.05, 0.1) is 19.2 Å². The van der Waals surface area contributed by atoms with E-state index in [2.05, 4.69) is 4.74 Å². The van der Waals surface area contributed by atoms with E-state index in [1.165, 1.54) is 12.0 Å². The Bertz CT molecular complexity index is 819. The molecule has 0 radical (unpaired) electrons. The van der Waals surface area contributed by atoms with Crippen molar-refractivity contribution in [2.24, 2.45) is 0 Å². The molecule has 1 aromatic heterocycles. The fourth-order valence-electron chi connectivity index (χ4n) is 2.19. The van der Waals surface area contributed by atoms with Gasteiger partial charge in [0.25, 0.3) is 5.91 Å². The van der Waals surface area contributed by atoms with Crippen molar-refractivity contribution in [2.45, 2.75) is 13.5 Å². The van der Waals surface area contributed by atoms with E-state index in [-0.39, 0.29) is 19.1 Å². The number of nitriles is 1. The Balaban J connectivity index is 1.97. The number of amides is 1. The van der Waals surface area contributed by atoms with Gasteiger partial charge in [0.2, 0.25) is 0 Å². The summed E-state index contributed by atoms with van der Waals surface area (Å²) in [5.41, 5.74) is 0.694. The lowest BCUT2D eigenvalue weighted by Crippen LogP contribution is -2.30. The van der Waals surface area contributed by atoms with Crippen molar-refractivity contribution in [2.75, 3.05) is 20.8 Å². The number of methoxy groups -OCH3 is 1. The first-order chi connectivity index (χ1) is 12.0. The molecule has 7 heteroatoms. The number of rotatable bonds is 6. The summed E-state index contributed by atoms with van der Waals surface area (Å²) in [5, 5.41) is 9.01. The SMILES string of the molecule is COC(=O)c1cc(CN(C)C(=O)COc2ccccc2C#N)oc1C. The number of hydrogen-bond acceptors (Lipinski definition) is 6. The van der Waals surface area contributed by atoms with Gasteiger partial charge in [0.15, 0.2) is 6.61 Å². The Labute approximate surface area is 145 Å². The van der Waals surface area contributed by atoms with E-state index in [9.17, 15) is 9.59 Å². The average molecular weight is 342 g/mol. The number of nitrogens with zero attached hydrogens (tertiary/aromatic N) is 2. The lowest BCUT2D eigenvalue weighted by molar-refractivity contribution is -0.132. The minimum atomic E-state index is -0.488. The lowest BCUT2D eigenvalue weighted by Gasteiger charge is -2.16. The van der Waals surface area contributed by atoms with Gasteiger partial charge in [-0.05, 0) is 25.1 Å². The van der Waals surface area contributed by atoms with Crippen LogP contribution in [0.25, 0.3) is 0 Å². The van der Waals surface area contributed by atoms with Crippen LogP contribution >= 0.6 is 0 Å². The zero-order chi connectivity index (χ0) is 18.4. The molecule has 0 aliphatic heterocycles. The number of furan rings is 1. The van der Waals surface area contributed by atoms with Gasteiger partial charge in [-0.15, -0.1) is 0 Å². The normalized spacial score (nSPS) is 10.0. The molecule has 0 unspecified atom stereocenters. The molecule has 0 saturated carbocycles. The first-order valence-corrected chi connectivity index (χ1v) is 7.49. The number of hydrogen-bond donors (Lipinski definition) is 0. The molecule has 0 spiro atoms. The Kier molecular flexibility index (Phi) is 5.79. The molecule has 1 heterocycles. The van der Waals surface area contributed by atoms with Crippen LogP contribution in [0.15, 0.2) is 34.7 Å². The largest absolute Gasteiger partial charge is 0.482 e. The second-order valence-corrected chi connectivity index (χ2v) is 5.32. The summed E-state index contributed by atoms with van der Waals surface area (Å²) in [4.78, 5) is 25.2. The molecule has 1 amide bonds. The molecule has 25 heavy (non-hydrogen) atoms. The number of para-hydroxylation sites is 1. The van der Waals surface area contributed by atoms with Gasteiger partial charge in [-0.25, -0.2) is 4.79 Å². The van der Waals surface area contributed by atoms with Gasteiger partial charge in [-0.1, -0.05) is 12.1 Å². The number of carbonyl (C=O) groups excluding carboxylic acids is 2. The number of esters is 1. The number of aryl methyl sites for hydroxylation is 1. The zero-order valence-electron chi connectivity index (χ0n) is 14.2. The average Bonchev–Trinajstić information content (AvgIpc) is 2.99. The Morgan fingerprint density at radius 3 is 2.72 bits per heavy atom. The monoisotopic (exact) mass is 342 g/mol. The van der Waals surface area contributed by atoms with Crippen LogP contribution in [0, 0.1) is 18.3 Å². The first kappa shape index (κ1) is 18.1. The van der Waals surface area contributed by atoms with Crippen LogP contribution < -0.4 is 4.74 Å². The van der Waals surface area contributed by atoms with Crippen molar-refractivity contribution in [3.05, 3.63) is 53.0 Å². The van der Waals surface area contributed by atoms with Crippen LogP contribution in [0.4, 0.5) is 0 Å². The molecule has 0 atom stereocenters. The van der Waals surface area contributed by atoms with Crippen LogP contribution in [-0.2, 0) is 16.1 Å². The van der Waals surface area contributed by atoms with Gasteiger partial charge >= 0.3 is 5.97 Å². The quantitative estimate of drug-likeness (QED) is 0.748. The predicted molar refractivity (Wildman–Crippen MR) is 87.9 cm³/mol. The Morgan fingerprint density at radius 2 is 2.04 bits per heavy atom. The molecular formula is C18H18N2O5. The number of carbonyl (C=O) groups is 2. The van der Waals surface area contributed by atoms with Crippen LogP contribution in [0.5, 0.6) is 5.75 Å². The molecule has 2 aromatic rings. The van der Waals surface area contributed by atoms with Gasteiger partial charge in [-0.3, -0.25) is 4.79 Å². The third-order valence-corrected chi connectivity index (χ3v) is 3.55. The Hall–Kier alpha value is -3.27. The van der Waals surface area contributed by atoms with Crippen molar-refractivity contribution in [3.63, 3.8) is 0 Å². The van der Waals surface area contributed by atoms with E-state index in [1.807, 2.05) is 6.07 Å². The highest BCUT2D eigenvalue weighted by Gasteiger charge is 2.18. The fraction of sp³-hybridized carbons (Fsp3) is 0.278. The van der Waals surface area contributed by atoms with E-state index >= 15 is 0 Å². The molecule has 0 aliphatic carbocycles. The van der Waals surface area contributed by atoms with Crippen LogP contribution in [0.3, 0.4) is 0 Å². The summed E-state index contributed by atoms with van der Waals surface area (Å²) in [5.74, 6) is 0.473. The lowest BCUT2D eigenvalue weighted by atomic mass is 10.2. The zero-order valence-corrected chi connectivity index (χ0v) is 14.2. The molecule has 130 valence electrons. The van der Waals surface area contributed by atoms with E-state index in [1.54, 1.807) is 44.3 Å². The summed E-state index contributed by atoms with van der Waals surface area (Å²) in [6, 6.07) is 10.2. The van der Waals surface area contributed by atoms with Gasteiger partial charge in [0, 0.05) is 7.05 Å². The smallest absolute Gasteiger partial charge is 0.341 e. The summed E-state index contributed by atoms with van der Waals surface area (Å²) < 4.78 is 15.6. The maximum atomic E-state index is 12.2. The molecule has 1 aromatic carbocycles. The summed E-state index contributed by atoms with van der Waals surface area (Å²) in [6.45, 7) is 1.62. The van der Waals surface area contributed by atoms with Crippen LogP contribution in [-0.4, -0.2) is 37.5 Å². The highest BCUT2D eigenvalue weighted by molar-refractivity contribution is 5.90. The van der Waals surface area contributed by atoms with Gasteiger partial charge in [-0.2, -0.15) is 5.26 Å². The van der Waals surface area contributed by atoms with Crippen molar-refractivity contribution in [1.29, 1.82) is 5.26 Å². The maximum Gasteiger partial charge on any atom is 0.341 e. The summed E-state index contributed by atoms with van der Waals surface area (Å²) in [6.07, 6.45) is 0. The standard InChI is InChI=1S/C18H18N2O5/c1-12-15(18(22)23-3)8-14(25-12)10-20(2)17(21)11-24-16-7-5-4-6-13(16)9-19/h4-8H,10-11H2,1-3H3. The minimum Gasteiger partial charge on any atom is -0.482 e.